The molecule has 3 nitrogen and oxygen atoms in total. The number of aromatic nitrogens is 1. The highest BCUT2D eigenvalue weighted by atomic mass is 32.1. The number of ether oxygens (including phenoxy) is 1. The lowest BCUT2D eigenvalue weighted by molar-refractivity contribution is 0.184. The summed E-state index contributed by atoms with van der Waals surface area (Å²) in [7, 11) is 1.74. The summed E-state index contributed by atoms with van der Waals surface area (Å²) in [6.45, 7) is 10.4. The Morgan fingerprint density at radius 2 is 2.18 bits per heavy atom. The van der Waals surface area contributed by atoms with Crippen LogP contribution >= 0.6 is 11.3 Å². The molecule has 0 spiro atoms. The Balaban J connectivity index is 2.40. The van der Waals surface area contributed by atoms with Crippen molar-refractivity contribution in [3.8, 4) is 0 Å². The third-order valence-corrected chi connectivity index (χ3v) is 3.90. The van der Waals surface area contributed by atoms with Crippen molar-refractivity contribution in [1.82, 2.24) is 10.3 Å². The first-order valence-corrected chi connectivity index (χ1v) is 6.98. The van der Waals surface area contributed by atoms with Gasteiger partial charge in [-0.25, -0.2) is 4.98 Å². The molecule has 1 heterocycles. The maximum Gasteiger partial charge on any atom is 0.0982 e. The molecule has 0 radical (unpaired) electrons. The van der Waals surface area contributed by atoms with Crippen LogP contribution in [-0.4, -0.2) is 24.7 Å². The van der Waals surface area contributed by atoms with Gasteiger partial charge in [0.2, 0.25) is 0 Å². The lowest BCUT2D eigenvalue weighted by atomic mass is 9.98. The first-order valence-electron chi connectivity index (χ1n) is 6.10. The molecule has 0 fully saturated rings. The number of thiazole rings is 1. The highest BCUT2D eigenvalue weighted by Crippen LogP contribution is 2.25. The van der Waals surface area contributed by atoms with Crippen LogP contribution in [0.15, 0.2) is 5.38 Å². The van der Waals surface area contributed by atoms with E-state index in [0.717, 1.165) is 25.3 Å². The van der Waals surface area contributed by atoms with Crippen molar-refractivity contribution in [3.05, 3.63) is 16.1 Å². The predicted octanol–water partition coefficient (Wildman–Crippen LogP) is 2.96. The van der Waals surface area contributed by atoms with Crippen LogP contribution in [0.5, 0.6) is 0 Å². The van der Waals surface area contributed by atoms with Gasteiger partial charge in [-0.05, 0) is 13.3 Å². The van der Waals surface area contributed by atoms with Crippen molar-refractivity contribution in [2.45, 2.75) is 52.1 Å². The summed E-state index contributed by atoms with van der Waals surface area (Å²) in [5, 5.41) is 6.82. The summed E-state index contributed by atoms with van der Waals surface area (Å²) < 4.78 is 5.06. The van der Waals surface area contributed by atoms with Crippen LogP contribution in [0.1, 0.15) is 44.8 Å². The predicted molar refractivity (Wildman–Crippen MR) is 73.6 cm³/mol. The molecule has 1 N–H and O–H groups in total. The van der Waals surface area contributed by atoms with Crippen molar-refractivity contribution in [3.63, 3.8) is 0 Å². The van der Waals surface area contributed by atoms with Crippen LogP contribution in [0.25, 0.3) is 0 Å². The zero-order chi connectivity index (χ0) is 12.9. The molecule has 0 bridgehead atoms. The number of nitrogens with one attached hydrogen (secondary N) is 1. The molecule has 1 unspecified atom stereocenters. The zero-order valence-electron chi connectivity index (χ0n) is 11.5. The Labute approximate surface area is 109 Å². The monoisotopic (exact) mass is 256 g/mol. The van der Waals surface area contributed by atoms with Gasteiger partial charge in [-0.1, -0.05) is 20.8 Å². The molecule has 0 aliphatic rings. The third kappa shape index (κ3) is 5.15. The highest BCUT2D eigenvalue weighted by Gasteiger charge is 2.17. The van der Waals surface area contributed by atoms with E-state index in [1.54, 1.807) is 18.4 Å². The van der Waals surface area contributed by atoms with E-state index < -0.39 is 0 Å². The molecule has 1 aromatic rings. The fourth-order valence-corrected chi connectivity index (χ4v) is 2.32. The molecule has 4 heteroatoms. The lowest BCUT2D eigenvalue weighted by Crippen LogP contribution is -2.26. The molecule has 0 amide bonds. The van der Waals surface area contributed by atoms with Gasteiger partial charge < -0.3 is 10.1 Å². The summed E-state index contributed by atoms with van der Waals surface area (Å²) in [6.07, 6.45) is 1.03. The van der Waals surface area contributed by atoms with Crippen molar-refractivity contribution < 1.29 is 4.74 Å². The van der Waals surface area contributed by atoms with Crippen molar-refractivity contribution in [2.24, 2.45) is 0 Å². The van der Waals surface area contributed by atoms with E-state index in [2.05, 4.69) is 43.4 Å². The SMILES string of the molecule is COCCC(C)NCc1csc(C(C)(C)C)n1. The average molecular weight is 256 g/mol. The Hall–Kier alpha value is -0.450. The quantitative estimate of drug-likeness (QED) is 0.849. The van der Waals surface area contributed by atoms with Crippen LogP contribution in [0.3, 0.4) is 0 Å². The molecule has 1 rings (SSSR count). The lowest BCUT2D eigenvalue weighted by Gasteiger charge is -2.14. The van der Waals surface area contributed by atoms with Gasteiger partial charge in [0.1, 0.15) is 0 Å². The molecular weight excluding hydrogens is 232 g/mol. The summed E-state index contributed by atoms with van der Waals surface area (Å²) in [4.78, 5) is 4.66. The van der Waals surface area contributed by atoms with Crippen LogP contribution in [0, 0.1) is 0 Å². The molecular formula is C13H24N2OS. The Kier molecular flexibility index (Phi) is 5.56. The Morgan fingerprint density at radius 1 is 1.47 bits per heavy atom. The molecule has 1 atom stereocenters. The van der Waals surface area contributed by atoms with Crippen molar-refractivity contribution in [2.75, 3.05) is 13.7 Å². The second kappa shape index (κ2) is 6.47. The van der Waals surface area contributed by atoms with Gasteiger partial charge in [0, 0.05) is 37.1 Å². The normalized spacial score (nSPS) is 13.9. The maximum absolute atomic E-state index is 5.06. The molecule has 0 aromatic carbocycles. The van der Waals surface area contributed by atoms with Gasteiger partial charge in [0.05, 0.1) is 10.7 Å². The van der Waals surface area contributed by atoms with Crippen LogP contribution in [0.4, 0.5) is 0 Å². The number of methoxy groups -OCH3 is 1. The average Bonchev–Trinajstić information content (AvgIpc) is 2.71. The van der Waals surface area contributed by atoms with Crippen LogP contribution in [0.2, 0.25) is 0 Å². The molecule has 0 saturated carbocycles. The van der Waals surface area contributed by atoms with E-state index in [1.165, 1.54) is 5.01 Å². The topological polar surface area (TPSA) is 34.1 Å². The van der Waals surface area contributed by atoms with E-state index in [4.69, 9.17) is 4.74 Å². The summed E-state index contributed by atoms with van der Waals surface area (Å²) in [5.41, 5.74) is 1.30. The minimum Gasteiger partial charge on any atom is -0.385 e. The minimum absolute atomic E-state index is 0.157. The van der Waals surface area contributed by atoms with Gasteiger partial charge in [0.15, 0.2) is 0 Å². The number of hydrogen-bond acceptors (Lipinski definition) is 4. The molecule has 98 valence electrons. The standard InChI is InChI=1S/C13H24N2OS/c1-10(6-7-16-5)14-8-11-9-17-12(15-11)13(2,3)4/h9-10,14H,6-8H2,1-5H3. The number of hydrogen-bond donors (Lipinski definition) is 1. The van der Waals surface area contributed by atoms with Gasteiger partial charge in [0.25, 0.3) is 0 Å². The molecule has 0 aliphatic heterocycles. The van der Waals surface area contributed by atoms with Gasteiger partial charge in [-0.15, -0.1) is 11.3 Å². The van der Waals surface area contributed by atoms with E-state index in [0.29, 0.717) is 6.04 Å². The van der Waals surface area contributed by atoms with Gasteiger partial charge in [-0.2, -0.15) is 0 Å². The highest BCUT2D eigenvalue weighted by molar-refractivity contribution is 7.09. The second-order valence-electron chi connectivity index (χ2n) is 5.46. The van der Waals surface area contributed by atoms with E-state index in [1.807, 2.05) is 0 Å². The van der Waals surface area contributed by atoms with Crippen LogP contribution < -0.4 is 5.32 Å². The first-order chi connectivity index (χ1) is 7.93. The third-order valence-electron chi connectivity index (χ3n) is 2.58. The summed E-state index contributed by atoms with van der Waals surface area (Å²) in [6, 6.07) is 0.467. The van der Waals surface area contributed by atoms with Gasteiger partial charge >= 0.3 is 0 Å². The fourth-order valence-electron chi connectivity index (χ4n) is 1.41. The summed E-state index contributed by atoms with van der Waals surface area (Å²) in [5.74, 6) is 0. The molecule has 0 saturated heterocycles. The van der Waals surface area contributed by atoms with E-state index >= 15 is 0 Å². The van der Waals surface area contributed by atoms with Crippen molar-refractivity contribution >= 4 is 11.3 Å². The largest absolute Gasteiger partial charge is 0.385 e. The first kappa shape index (κ1) is 14.6. The smallest absolute Gasteiger partial charge is 0.0982 e. The number of nitrogens with zero attached hydrogens (tertiary/aromatic N) is 1. The Morgan fingerprint density at radius 3 is 2.71 bits per heavy atom. The zero-order valence-corrected chi connectivity index (χ0v) is 12.4. The fraction of sp³-hybridized carbons (Fsp3) is 0.769. The van der Waals surface area contributed by atoms with Crippen LogP contribution in [-0.2, 0) is 16.7 Å². The second-order valence-corrected chi connectivity index (χ2v) is 6.32. The molecule has 0 aliphatic carbocycles. The minimum atomic E-state index is 0.157. The summed E-state index contributed by atoms with van der Waals surface area (Å²) >= 11 is 1.75. The van der Waals surface area contributed by atoms with E-state index in [9.17, 15) is 0 Å². The van der Waals surface area contributed by atoms with Gasteiger partial charge in [-0.3, -0.25) is 0 Å². The Bertz CT molecular complexity index is 330. The maximum atomic E-state index is 5.06. The molecule has 17 heavy (non-hydrogen) atoms. The van der Waals surface area contributed by atoms with Crippen molar-refractivity contribution in [1.29, 1.82) is 0 Å². The molecule has 1 aromatic heterocycles. The number of rotatable bonds is 6. The van der Waals surface area contributed by atoms with E-state index in [-0.39, 0.29) is 5.41 Å².